The summed E-state index contributed by atoms with van der Waals surface area (Å²) >= 11 is 0. The molecule has 0 saturated heterocycles. The van der Waals surface area contributed by atoms with E-state index in [1.165, 1.54) is 6.08 Å². The van der Waals surface area contributed by atoms with E-state index in [0.29, 0.717) is 5.56 Å². The van der Waals surface area contributed by atoms with Crippen LogP contribution in [0.25, 0.3) is 0 Å². The molecule has 2 rings (SSSR count). The van der Waals surface area contributed by atoms with Crippen LogP contribution in [0.2, 0.25) is 0 Å². The van der Waals surface area contributed by atoms with E-state index in [4.69, 9.17) is 5.11 Å². The molecule has 0 aromatic heterocycles. The third kappa shape index (κ3) is 3.71. The maximum absolute atomic E-state index is 11.8. The van der Waals surface area contributed by atoms with Crippen LogP contribution in [-0.2, 0) is 0 Å². The molecule has 0 amide bonds. The number of carbonyl (C=O) groups is 1. The Hall–Kier alpha value is -2.55. The summed E-state index contributed by atoms with van der Waals surface area (Å²) in [5.74, 6) is 0.163. The molecular formula is C16H15NO2. The zero-order valence-corrected chi connectivity index (χ0v) is 10.6. The van der Waals surface area contributed by atoms with Gasteiger partial charge >= 0.3 is 0 Å². The minimum atomic E-state index is -0.0497. The Morgan fingerprint density at radius 1 is 1.05 bits per heavy atom. The summed E-state index contributed by atoms with van der Waals surface area (Å²) in [4.78, 5) is 11.8. The second-order valence-corrected chi connectivity index (χ2v) is 4.25. The molecule has 0 spiro atoms. The summed E-state index contributed by atoms with van der Waals surface area (Å²) < 4.78 is 0. The number of carbonyl (C=O) groups excluding carboxylic acids is 1. The van der Waals surface area contributed by atoms with Gasteiger partial charge in [0.25, 0.3) is 0 Å². The van der Waals surface area contributed by atoms with Gasteiger partial charge in [0, 0.05) is 23.5 Å². The molecule has 2 aromatic rings. The predicted molar refractivity (Wildman–Crippen MR) is 76.4 cm³/mol. The number of phenolic OH excluding ortho intramolecular Hbond substituents is 1. The highest BCUT2D eigenvalue weighted by Gasteiger charge is 2.00. The van der Waals surface area contributed by atoms with Gasteiger partial charge in [-0.3, -0.25) is 4.79 Å². The van der Waals surface area contributed by atoms with Crippen molar-refractivity contribution in [1.82, 2.24) is 0 Å². The van der Waals surface area contributed by atoms with Crippen molar-refractivity contribution in [3.8, 4) is 5.75 Å². The van der Waals surface area contributed by atoms with Crippen LogP contribution in [0.15, 0.2) is 60.8 Å². The van der Waals surface area contributed by atoms with Crippen molar-refractivity contribution in [3.05, 3.63) is 71.9 Å². The fraction of sp³-hybridized carbons (Fsp3) is 0.0625. The van der Waals surface area contributed by atoms with E-state index in [0.717, 1.165) is 11.3 Å². The number of hydrogen-bond acceptors (Lipinski definition) is 3. The third-order valence-corrected chi connectivity index (χ3v) is 2.69. The SMILES string of the molecule is Cc1ccc(C(=O)/C=C/Nc2ccc(O)cc2)cc1. The van der Waals surface area contributed by atoms with Crippen LogP contribution in [0.3, 0.4) is 0 Å². The van der Waals surface area contributed by atoms with Gasteiger partial charge in [0.05, 0.1) is 0 Å². The van der Waals surface area contributed by atoms with Gasteiger partial charge in [-0.05, 0) is 31.2 Å². The summed E-state index contributed by atoms with van der Waals surface area (Å²) in [6, 6.07) is 14.1. The summed E-state index contributed by atoms with van der Waals surface area (Å²) in [5, 5.41) is 12.1. The van der Waals surface area contributed by atoms with E-state index >= 15 is 0 Å². The monoisotopic (exact) mass is 253 g/mol. The normalized spacial score (nSPS) is 10.6. The minimum Gasteiger partial charge on any atom is -0.508 e. The van der Waals surface area contributed by atoms with Gasteiger partial charge in [-0.15, -0.1) is 0 Å². The molecule has 3 nitrogen and oxygen atoms in total. The number of ketones is 1. The highest BCUT2D eigenvalue weighted by molar-refractivity contribution is 6.04. The molecule has 0 saturated carbocycles. The molecule has 2 aromatic carbocycles. The number of rotatable bonds is 4. The predicted octanol–water partition coefficient (Wildman–Crippen LogP) is 3.51. The first-order valence-electron chi connectivity index (χ1n) is 5.98. The Balaban J connectivity index is 1.97. The Bertz CT molecular complexity index is 583. The summed E-state index contributed by atoms with van der Waals surface area (Å²) in [7, 11) is 0. The van der Waals surface area contributed by atoms with Crippen molar-refractivity contribution in [2.75, 3.05) is 5.32 Å². The van der Waals surface area contributed by atoms with E-state index in [1.54, 1.807) is 30.5 Å². The second kappa shape index (κ2) is 5.87. The molecule has 0 fully saturated rings. The van der Waals surface area contributed by atoms with Crippen molar-refractivity contribution in [3.63, 3.8) is 0 Å². The van der Waals surface area contributed by atoms with Crippen molar-refractivity contribution in [2.45, 2.75) is 6.92 Å². The summed E-state index contributed by atoms with van der Waals surface area (Å²) in [6.45, 7) is 1.98. The van der Waals surface area contributed by atoms with Gasteiger partial charge in [0.1, 0.15) is 5.75 Å². The second-order valence-electron chi connectivity index (χ2n) is 4.25. The highest BCUT2D eigenvalue weighted by Crippen LogP contribution is 2.13. The number of anilines is 1. The maximum atomic E-state index is 11.8. The fourth-order valence-corrected chi connectivity index (χ4v) is 1.59. The summed E-state index contributed by atoms with van der Waals surface area (Å²) in [6.07, 6.45) is 3.08. The van der Waals surface area contributed by atoms with Crippen LogP contribution in [0.5, 0.6) is 5.75 Å². The zero-order chi connectivity index (χ0) is 13.7. The van der Waals surface area contributed by atoms with Gasteiger partial charge in [-0.25, -0.2) is 0 Å². The molecule has 0 unspecified atom stereocenters. The Kier molecular flexibility index (Phi) is 3.98. The van der Waals surface area contributed by atoms with Crippen molar-refractivity contribution < 1.29 is 9.90 Å². The Labute approximate surface area is 112 Å². The number of benzene rings is 2. The van der Waals surface area contributed by atoms with Crippen LogP contribution >= 0.6 is 0 Å². The van der Waals surface area contributed by atoms with Crippen LogP contribution in [-0.4, -0.2) is 10.9 Å². The van der Waals surface area contributed by atoms with E-state index < -0.39 is 0 Å². The van der Waals surface area contributed by atoms with E-state index in [2.05, 4.69) is 5.32 Å². The minimum absolute atomic E-state index is 0.0497. The Morgan fingerprint density at radius 2 is 1.68 bits per heavy atom. The molecule has 2 N–H and O–H groups in total. The first kappa shape index (κ1) is 12.9. The van der Waals surface area contributed by atoms with Crippen LogP contribution in [0.1, 0.15) is 15.9 Å². The lowest BCUT2D eigenvalue weighted by Crippen LogP contribution is -1.96. The number of phenols is 1. The molecule has 0 atom stereocenters. The van der Waals surface area contributed by atoms with Gasteiger partial charge in [0.15, 0.2) is 5.78 Å². The molecule has 96 valence electrons. The van der Waals surface area contributed by atoms with Gasteiger partial charge in [-0.2, -0.15) is 0 Å². The van der Waals surface area contributed by atoms with E-state index in [9.17, 15) is 4.79 Å². The fourth-order valence-electron chi connectivity index (χ4n) is 1.59. The first-order valence-corrected chi connectivity index (χ1v) is 5.98. The molecule has 0 aliphatic carbocycles. The lowest BCUT2D eigenvalue weighted by atomic mass is 10.1. The molecule has 0 aliphatic heterocycles. The molecule has 3 heteroatoms. The average molecular weight is 253 g/mol. The Morgan fingerprint density at radius 3 is 2.32 bits per heavy atom. The van der Waals surface area contributed by atoms with E-state index in [1.807, 2.05) is 31.2 Å². The molecule has 19 heavy (non-hydrogen) atoms. The standard InChI is InChI=1S/C16H15NO2/c1-12-2-4-13(5-3-12)16(19)10-11-17-14-6-8-15(18)9-7-14/h2-11,17-18H,1H3/b11-10+. The third-order valence-electron chi connectivity index (χ3n) is 2.69. The quantitative estimate of drug-likeness (QED) is 0.498. The zero-order valence-electron chi connectivity index (χ0n) is 10.6. The topological polar surface area (TPSA) is 49.3 Å². The van der Waals surface area contributed by atoms with Crippen LogP contribution in [0, 0.1) is 6.92 Å². The van der Waals surface area contributed by atoms with Crippen LogP contribution < -0.4 is 5.32 Å². The largest absolute Gasteiger partial charge is 0.508 e. The molecule has 0 aliphatic rings. The van der Waals surface area contributed by atoms with Crippen LogP contribution in [0.4, 0.5) is 5.69 Å². The highest BCUT2D eigenvalue weighted by atomic mass is 16.3. The number of aromatic hydroxyl groups is 1. The summed E-state index contributed by atoms with van der Waals surface area (Å²) in [5.41, 5.74) is 2.60. The molecule has 0 heterocycles. The van der Waals surface area contributed by atoms with Crippen molar-refractivity contribution in [1.29, 1.82) is 0 Å². The first-order chi connectivity index (χ1) is 9.15. The van der Waals surface area contributed by atoms with E-state index in [-0.39, 0.29) is 11.5 Å². The average Bonchev–Trinajstić information content (AvgIpc) is 2.41. The smallest absolute Gasteiger partial charge is 0.187 e. The van der Waals surface area contributed by atoms with Gasteiger partial charge < -0.3 is 10.4 Å². The van der Waals surface area contributed by atoms with Crippen molar-refractivity contribution in [2.24, 2.45) is 0 Å². The number of allylic oxidation sites excluding steroid dienone is 1. The maximum Gasteiger partial charge on any atom is 0.187 e. The number of hydrogen-bond donors (Lipinski definition) is 2. The van der Waals surface area contributed by atoms with Gasteiger partial charge in [0.2, 0.25) is 0 Å². The molecule has 0 bridgehead atoms. The lowest BCUT2D eigenvalue weighted by Gasteiger charge is -2.00. The number of aryl methyl sites for hydroxylation is 1. The molecular weight excluding hydrogens is 238 g/mol. The van der Waals surface area contributed by atoms with Crippen molar-refractivity contribution >= 4 is 11.5 Å². The van der Waals surface area contributed by atoms with Gasteiger partial charge in [-0.1, -0.05) is 29.8 Å². The number of nitrogens with one attached hydrogen (secondary N) is 1. The lowest BCUT2D eigenvalue weighted by molar-refractivity contribution is 0.104. The molecule has 0 radical (unpaired) electrons.